The first kappa shape index (κ1) is 15.8. The van der Waals surface area contributed by atoms with Crippen molar-refractivity contribution in [2.75, 3.05) is 7.05 Å². The second-order valence-electron chi connectivity index (χ2n) is 6.66. The highest BCUT2D eigenvalue weighted by molar-refractivity contribution is 5.17. The van der Waals surface area contributed by atoms with Gasteiger partial charge in [-0.15, -0.1) is 0 Å². The van der Waals surface area contributed by atoms with Crippen LogP contribution in [0.15, 0.2) is 12.2 Å². The van der Waals surface area contributed by atoms with Crippen LogP contribution in [-0.2, 0) is 0 Å². The fourth-order valence-electron chi connectivity index (χ4n) is 3.44. The van der Waals surface area contributed by atoms with Gasteiger partial charge in [0.2, 0.25) is 0 Å². The molecule has 0 N–H and O–H groups in total. The van der Waals surface area contributed by atoms with E-state index in [-0.39, 0.29) is 0 Å². The minimum absolute atomic E-state index is 0.419. The summed E-state index contributed by atoms with van der Waals surface area (Å²) in [4.78, 5) is 2.62. The highest BCUT2D eigenvalue weighted by atomic mass is 15.2. The lowest BCUT2D eigenvalue weighted by Gasteiger charge is -2.44. The van der Waals surface area contributed by atoms with Gasteiger partial charge < -0.3 is 0 Å². The molecule has 1 rings (SSSR count). The topological polar surface area (TPSA) is 3.24 Å². The van der Waals surface area contributed by atoms with Gasteiger partial charge >= 0.3 is 0 Å². The molecule has 2 unspecified atom stereocenters. The average Bonchev–Trinajstić information content (AvgIpc) is 2.80. The van der Waals surface area contributed by atoms with Crippen molar-refractivity contribution >= 4 is 0 Å². The minimum atomic E-state index is 0.419. The van der Waals surface area contributed by atoms with Gasteiger partial charge in [0.25, 0.3) is 0 Å². The molecular formula is C17H33N. The van der Waals surface area contributed by atoms with Crippen LogP contribution in [0.5, 0.6) is 0 Å². The summed E-state index contributed by atoms with van der Waals surface area (Å²) >= 11 is 0. The summed E-state index contributed by atoms with van der Waals surface area (Å²) < 4.78 is 0. The van der Waals surface area contributed by atoms with Crippen LogP contribution in [0.2, 0.25) is 0 Å². The van der Waals surface area contributed by atoms with E-state index in [1.165, 1.54) is 25.7 Å². The smallest absolute Gasteiger partial charge is 0.0335 e. The number of rotatable bonds is 6. The molecule has 0 saturated heterocycles. The third kappa shape index (κ3) is 2.52. The largest absolute Gasteiger partial charge is 0.292 e. The van der Waals surface area contributed by atoms with Crippen molar-refractivity contribution in [1.29, 1.82) is 0 Å². The van der Waals surface area contributed by atoms with Gasteiger partial charge in [-0.2, -0.15) is 0 Å². The fraction of sp³-hybridized carbons (Fsp3) is 0.882. The SMILES string of the molecule is CCC(C)(CC)C1C=CC(C(C)(CC)CC)N1C. The van der Waals surface area contributed by atoms with E-state index >= 15 is 0 Å². The molecule has 0 aliphatic carbocycles. The van der Waals surface area contributed by atoms with E-state index in [4.69, 9.17) is 0 Å². The van der Waals surface area contributed by atoms with Crippen LogP contribution in [-0.4, -0.2) is 24.0 Å². The molecule has 0 amide bonds. The van der Waals surface area contributed by atoms with Crippen molar-refractivity contribution in [2.24, 2.45) is 10.8 Å². The Morgan fingerprint density at radius 1 is 0.778 bits per heavy atom. The molecule has 1 aliphatic rings. The first-order chi connectivity index (χ1) is 8.38. The van der Waals surface area contributed by atoms with E-state index < -0.39 is 0 Å². The van der Waals surface area contributed by atoms with Crippen molar-refractivity contribution in [3.8, 4) is 0 Å². The Kier molecular flexibility index (Phi) is 5.05. The van der Waals surface area contributed by atoms with Crippen LogP contribution in [0.3, 0.4) is 0 Å². The number of hydrogen-bond donors (Lipinski definition) is 0. The molecule has 1 aliphatic heterocycles. The van der Waals surface area contributed by atoms with Crippen molar-refractivity contribution in [3.63, 3.8) is 0 Å². The van der Waals surface area contributed by atoms with Crippen LogP contribution >= 0.6 is 0 Å². The predicted octanol–water partition coefficient (Wildman–Crippen LogP) is 4.88. The van der Waals surface area contributed by atoms with Gasteiger partial charge in [-0.1, -0.05) is 53.7 Å². The average molecular weight is 251 g/mol. The Morgan fingerprint density at radius 3 is 1.28 bits per heavy atom. The molecule has 1 nitrogen and oxygen atoms in total. The summed E-state index contributed by atoms with van der Waals surface area (Å²) in [6.45, 7) is 14.2. The molecule has 0 radical (unpaired) electrons. The maximum absolute atomic E-state index is 2.62. The lowest BCUT2D eigenvalue weighted by molar-refractivity contribution is 0.0588. The number of hydrogen-bond acceptors (Lipinski definition) is 1. The van der Waals surface area contributed by atoms with Crippen LogP contribution in [0.1, 0.15) is 67.2 Å². The molecule has 0 spiro atoms. The summed E-state index contributed by atoms with van der Waals surface area (Å²) in [6, 6.07) is 1.21. The highest BCUT2D eigenvalue weighted by Crippen LogP contribution is 2.43. The van der Waals surface area contributed by atoms with E-state index in [1.807, 2.05) is 0 Å². The van der Waals surface area contributed by atoms with Gasteiger partial charge in [-0.3, -0.25) is 4.90 Å². The quantitative estimate of drug-likeness (QED) is 0.608. The molecule has 2 atom stereocenters. The Bertz CT molecular complexity index is 256. The molecule has 106 valence electrons. The lowest BCUT2D eigenvalue weighted by Crippen LogP contribution is -2.48. The third-order valence-corrected chi connectivity index (χ3v) is 6.01. The molecule has 0 fully saturated rings. The standard InChI is InChI=1S/C17H33N/c1-8-16(5,9-2)14-12-13-15(18(14)7)17(6,10-3)11-4/h12-15H,8-11H2,1-7H3. The summed E-state index contributed by atoms with van der Waals surface area (Å²) in [5.41, 5.74) is 0.838. The first-order valence-corrected chi connectivity index (χ1v) is 7.78. The van der Waals surface area contributed by atoms with Crippen LogP contribution < -0.4 is 0 Å². The van der Waals surface area contributed by atoms with Gasteiger partial charge in [0.05, 0.1) is 0 Å². The van der Waals surface area contributed by atoms with E-state index in [9.17, 15) is 0 Å². The third-order valence-electron chi connectivity index (χ3n) is 6.01. The Morgan fingerprint density at radius 2 is 1.06 bits per heavy atom. The highest BCUT2D eigenvalue weighted by Gasteiger charge is 2.43. The zero-order valence-electron chi connectivity index (χ0n) is 13.6. The number of likely N-dealkylation sites (N-methyl/N-ethyl adjacent to an activating group) is 1. The zero-order chi connectivity index (χ0) is 14.0. The number of nitrogens with zero attached hydrogens (tertiary/aromatic N) is 1. The van der Waals surface area contributed by atoms with Gasteiger partial charge in [-0.05, 0) is 43.6 Å². The summed E-state index contributed by atoms with van der Waals surface area (Å²) in [7, 11) is 2.32. The maximum atomic E-state index is 2.62. The summed E-state index contributed by atoms with van der Waals surface area (Å²) in [6.07, 6.45) is 9.96. The Balaban J connectivity index is 2.92. The van der Waals surface area contributed by atoms with Crippen molar-refractivity contribution in [1.82, 2.24) is 4.90 Å². The molecule has 1 heterocycles. The van der Waals surface area contributed by atoms with E-state index in [0.29, 0.717) is 22.9 Å². The molecule has 0 bridgehead atoms. The van der Waals surface area contributed by atoms with Crippen molar-refractivity contribution in [3.05, 3.63) is 12.2 Å². The first-order valence-electron chi connectivity index (χ1n) is 7.78. The molecule has 18 heavy (non-hydrogen) atoms. The monoisotopic (exact) mass is 251 g/mol. The Hall–Kier alpha value is -0.300. The van der Waals surface area contributed by atoms with E-state index in [1.54, 1.807) is 0 Å². The van der Waals surface area contributed by atoms with Gasteiger partial charge in [0.15, 0.2) is 0 Å². The van der Waals surface area contributed by atoms with E-state index in [0.717, 1.165) is 0 Å². The maximum Gasteiger partial charge on any atom is 0.0335 e. The van der Waals surface area contributed by atoms with Gasteiger partial charge in [-0.25, -0.2) is 0 Å². The predicted molar refractivity (Wildman–Crippen MR) is 81.9 cm³/mol. The second-order valence-corrected chi connectivity index (χ2v) is 6.66. The van der Waals surface area contributed by atoms with Gasteiger partial charge in [0.1, 0.15) is 0 Å². The second kappa shape index (κ2) is 5.77. The lowest BCUT2D eigenvalue weighted by atomic mass is 9.75. The van der Waals surface area contributed by atoms with Crippen LogP contribution in [0.25, 0.3) is 0 Å². The van der Waals surface area contributed by atoms with Crippen LogP contribution in [0, 0.1) is 10.8 Å². The molecule has 0 saturated carbocycles. The summed E-state index contributed by atoms with van der Waals surface area (Å²) in [5, 5.41) is 0. The molecular weight excluding hydrogens is 218 g/mol. The minimum Gasteiger partial charge on any atom is -0.292 e. The fourth-order valence-corrected chi connectivity index (χ4v) is 3.44. The van der Waals surface area contributed by atoms with Crippen molar-refractivity contribution < 1.29 is 0 Å². The Labute approximate surface area is 115 Å². The van der Waals surface area contributed by atoms with Gasteiger partial charge in [0, 0.05) is 12.1 Å². The zero-order valence-corrected chi connectivity index (χ0v) is 13.6. The normalized spacial score (nSPS) is 25.9. The van der Waals surface area contributed by atoms with E-state index in [2.05, 4.69) is 65.6 Å². The summed E-state index contributed by atoms with van der Waals surface area (Å²) in [5.74, 6) is 0. The molecule has 0 aromatic rings. The van der Waals surface area contributed by atoms with Crippen molar-refractivity contribution in [2.45, 2.75) is 79.3 Å². The molecule has 0 aromatic heterocycles. The van der Waals surface area contributed by atoms with Crippen LogP contribution in [0.4, 0.5) is 0 Å². The molecule has 1 heteroatoms. The molecule has 0 aromatic carbocycles.